The summed E-state index contributed by atoms with van der Waals surface area (Å²) in [5.41, 5.74) is -0.525. The smallest absolute Gasteiger partial charge is 0.408 e. The number of hydrogen-bond donors (Lipinski definition) is 2. The zero-order chi connectivity index (χ0) is 22.3. The molecule has 1 spiro atoms. The van der Waals surface area contributed by atoms with Crippen molar-refractivity contribution in [2.45, 2.75) is 42.4 Å². The topological polar surface area (TPSA) is 116 Å². The molecule has 9 nitrogen and oxygen atoms in total. The Kier molecular flexibility index (Phi) is 6.07. The number of amides is 2. The van der Waals surface area contributed by atoms with Crippen molar-refractivity contribution in [1.82, 2.24) is 19.5 Å². The van der Waals surface area contributed by atoms with E-state index in [0.29, 0.717) is 11.2 Å². The summed E-state index contributed by atoms with van der Waals surface area (Å²) in [6.45, 7) is 0.969. The highest BCUT2D eigenvalue weighted by Crippen LogP contribution is 2.36. The molecule has 166 valence electrons. The molecule has 2 N–H and O–H groups in total. The van der Waals surface area contributed by atoms with Gasteiger partial charge in [0.1, 0.15) is 23.9 Å². The molecule has 0 aromatic carbocycles. The number of carbonyl (C=O) groups is 3. The Morgan fingerprint density at radius 1 is 1.40 bits per heavy atom. The minimum Gasteiger partial charge on any atom is -0.593 e. The number of nitrogens with one attached hydrogen (secondary N) is 2. The molecule has 3 rings (SSSR count). The zero-order valence-electron chi connectivity index (χ0n) is 16.2. The molecular weight excluding hydrogens is 429 g/mol. The van der Waals surface area contributed by atoms with Crippen molar-refractivity contribution in [2.75, 3.05) is 19.7 Å². The molecular formula is C17H21F3N4O5S. The van der Waals surface area contributed by atoms with E-state index in [0.717, 1.165) is 11.8 Å². The highest BCUT2D eigenvalue weighted by atomic mass is 32.2. The van der Waals surface area contributed by atoms with E-state index in [1.54, 1.807) is 12.4 Å². The van der Waals surface area contributed by atoms with E-state index in [1.807, 2.05) is 0 Å². The van der Waals surface area contributed by atoms with Gasteiger partial charge in [-0.2, -0.15) is 13.2 Å². The number of aryl methyl sites for hydroxylation is 1. The maximum atomic E-state index is 12.7. The molecule has 1 saturated heterocycles. The number of hydrogen-bond acceptors (Lipinski definition) is 6. The lowest BCUT2D eigenvalue weighted by Crippen LogP contribution is -2.60. The number of aromatic nitrogens is 1. The van der Waals surface area contributed by atoms with E-state index in [2.05, 4.69) is 4.72 Å². The maximum absolute atomic E-state index is 12.7. The van der Waals surface area contributed by atoms with E-state index in [4.69, 9.17) is 4.74 Å². The van der Waals surface area contributed by atoms with Crippen molar-refractivity contribution < 1.29 is 36.8 Å². The molecule has 13 heteroatoms. The number of carbonyl (C=O) groups excluding carboxylic acids is 3. The van der Waals surface area contributed by atoms with Crippen LogP contribution in [0, 0.1) is 0 Å². The minimum absolute atomic E-state index is 0.0682. The van der Waals surface area contributed by atoms with Gasteiger partial charge in [-0.15, -0.1) is 4.72 Å². The van der Waals surface area contributed by atoms with Gasteiger partial charge in [0.2, 0.25) is 10.6 Å². The molecule has 2 aliphatic rings. The van der Waals surface area contributed by atoms with Crippen LogP contribution in [-0.4, -0.2) is 69.6 Å². The lowest BCUT2D eigenvalue weighted by Gasteiger charge is -2.39. The Morgan fingerprint density at radius 2 is 2.03 bits per heavy atom. The zero-order valence-corrected chi connectivity index (χ0v) is 17.1. The number of piperidine rings is 1. The SMILES string of the molecule is C[C@@H](NC(=O)C(=O)N1CCC2(CC1)COc1c(cn(C)c1C=O)[S+]([O-])N2)C(F)(F)F. The van der Waals surface area contributed by atoms with Crippen LogP contribution in [0.25, 0.3) is 0 Å². The monoisotopic (exact) mass is 450 g/mol. The summed E-state index contributed by atoms with van der Waals surface area (Å²) in [4.78, 5) is 36.9. The molecule has 1 fully saturated rings. The summed E-state index contributed by atoms with van der Waals surface area (Å²) in [6, 6.07) is -2.14. The lowest BCUT2D eigenvalue weighted by atomic mass is 9.89. The highest BCUT2D eigenvalue weighted by Gasteiger charge is 2.46. The van der Waals surface area contributed by atoms with Crippen LogP contribution >= 0.6 is 0 Å². The van der Waals surface area contributed by atoms with Gasteiger partial charge < -0.3 is 24.1 Å². The second kappa shape index (κ2) is 8.12. The number of alkyl halides is 3. The molecule has 30 heavy (non-hydrogen) atoms. The summed E-state index contributed by atoms with van der Waals surface area (Å²) >= 11 is -1.67. The Bertz CT molecular complexity index is 851. The molecule has 1 aromatic heterocycles. The van der Waals surface area contributed by atoms with Crippen LogP contribution in [0.15, 0.2) is 11.1 Å². The first-order valence-electron chi connectivity index (χ1n) is 9.11. The standard InChI is InChI=1S/C17H21F3N4O5S/c1-10(17(18,19)20)21-14(26)15(27)24-5-3-16(4-6-24)9-29-13-11(8-25)23(2)7-12(13)30(28)22-16/h7-8,10,22H,3-6,9H2,1-2H3,(H,21,26)/t10-,30?/m1/s1. The van der Waals surface area contributed by atoms with Crippen LogP contribution in [-0.2, 0) is 28.0 Å². The number of aldehydes is 1. The Balaban J connectivity index is 1.63. The van der Waals surface area contributed by atoms with Gasteiger partial charge in [-0.25, -0.2) is 0 Å². The summed E-state index contributed by atoms with van der Waals surface area (Å²) in [5, 5.41) is 1.65. The van der Waals surface area contributed by atoms with Crippen molar-refractivity contribution in [2.24, 2.45) is 7.05 Å². The largest absolute Gasteiger partial charge is 0.593 e. The first-order chi connectivity index (χ1) is 14.0. The predicted molar refractivity (Wildman–Crippen MR) is 98.0 cm³/mol. The normalized spacial score (nSPS) is 21.9. The van der Waals surface area contributed by atoms with Crippen molar-refractivity contribution in [3.8, 4) is 5.75 Å². The van der Waals surface area contributed by atoms with E-state index in [1.165, 1.54) is 10.8 Å². The molecule has 2 amide bonds. The number of nitrogens with zero attached hydrogens (tertiary/aromatic N) is 2. The number of fused-ring (bicyclic) bond motifs is 1. The van der Waals surface area contributed by atoms with Gasteiger partial charge in [-0.1, -0.05) is 0 Å². The summed E-state index contributed by atoms with van der Waals surface area (Å²) in [7, 11) is 1.63. The average molecular weight is 450 g/mol. The highest BCUT2D eigenvalue weighted by molar-refractivity contribution is 7.89. The third kappa shape index (κ3) is 4.27. The van der Waals surface area contributed by atoms with Crippen LogP contribution in [0.4, 0.5) is 13.2 Å². The third-order valence-corrected chi connectivity index (χ3v) is 6.61. The fourth-order valence-electron chi connectivity index (χ4n) is 3.36. The quantitative estimate of drug-likeness (QED) is 0.380. The molecule has 1 unspecified atom stereocenters. The molecule has 0 radical (unpaired) electrons. The van der Waals surface area contributed by atoms with Gasteiger partial charge >= 0.3 is 18.0 Å². The molecule has 0 aliphatic carbocycles. The molecule has 1 aromatic rings. The first-order valence-corrected chi connectivity index (χ1v) is 10.3. The van der Waals surface area contributed by atoms with Crippen LogP contribution in [0.3, 0.4) is 0 Å². The van der Waals surface area contributed by atoms with E-state index >= 15 is 0 Å². The fraction of sp³-hybridized carbons (Fsp3) is 0.588. The van der Waals surface area contributed by atoms with Gasteiger partial charge in [0.25, 0.3) is 0 Å². The molecule has 0 bridgehead atoms. The first kappa shape index (κ1) is 22.4. The fourth-order valence-corrected chi connectivity index (χ4v) is 4.72. The second-order valence-corrected chi connectivity index (χ2v) is 8.59. The van der Waals surface area contributed by atoms with E-state index < -0.39 is 40.9 Å². The van der Waals surface area contributed by atoms with Gasteiger partial charge in [0, 0.05) is 20.1 Å². The lowest BCUT2D eigenvalue weighted by molar-refractivity contribution is -0.162. The van der Waals surface area contributed by atoms with Crippen LogP contribution < -0.4 is 14.8 Å². The summed E-state index contributed by atoms with van der Waals surface area (Å²) in [6.07, 6.45) is -1.98. The van der Waals surface area contributed by atoms with Gasteiger partial charge in [0.05, 0.1) is 17.6 Å². The van der Waals surface area contributed by atoms with Gasteiger partial charge in [0.15, 0.2) is 6.29 Å². The Labute approximate surface area is 173 Å². The number of likely N-dealkylation sites (tertiary alicyclic amines) is 1. The number of halogens is 3. The molecule has 2 atom stereocenters. The summed E-state index contributed by atoms with van der Waals surface area (Å²) in [5.74, 6) is -2.15. The number of rotatable bonds is 2. The van der Waals surface area contributed by atoms with Crippen molar-refractivity contribution >= 4 is 29.5 Å². The van der Waals surface area contributed by atoms with Crippen LogP contribution in [0.5, 0.6) is 5.75 Å². The Morgan fingerprint density at radius 3 is 2.60 bits per heavy atom. The van der Waals surface area contributed by atoms with Crippen molar-refractivity contribution in [3.63, 3.8) is 0 Å². The molecule has 2 aliphatic heterocycles. The average Bonchev–Trinajstić information content (AvgIpc) is 2.94. The van der Waals surface area contributed by atoms with E-state index in [9.17, 15) is 32.1 Å². The maximum Gasteiger partial charge on any atom is 0.408 e. The third-order valence-electron chi connectivity index (χ3n) is 5.30. The summed E-state index contributed by atoms with van der Waals surface area (Å²) < 4.78 is 60.7. The molecule has 0 saturated carbocycles. The predicted octanol–water partition coefficient (Wildman–Crippen LogP) is 0.270. The van der Waals surface area contributed by atoms with Crippen molar-refractivity contribution in [1.29, 1.82) is 0 Å². The van der Waals surface area contributed by atoms with Gasteiger partial charge in [-0.3, -0.25) is 14.4 Å². The van der Waals surface area contributed by atoms with Crippen LogP contribution in [0.2, 0.25) is 0 Å². The molecule has 3 heterocycles. The van der Waals surface area contributed by atoms with E-state index in [-0.39, 0.29) is 44.0 Å². The minimum atomic E-state index is -4.65. The Hall–Kier alpha value is -2.25. The van der Waals surface area contributed by atoms with Crippen LogP contribution in [0.1, 0.15) is 30.3 Å². The number of ether oxygens (including phenoxy) is 1. The van der Waals surface area contributed by atoms with Gasteiger partial charge in [-0.05, 0) is 19.8 Å². The second-order valence-electron chi connectivity index (χ2n) is 7.41. The van der Waals surface area contributed by atoms with Crippen molar-refractivity contribution in [3.05, 3.63) is 11.9 Å².